The molecule has 2 nitrogen and oxygen atoms in total. The molecule has 0 saturated carbocycles. The summed E-state index contributed by atoms with van der Waals surface area (Å²) >= 11 is 0. The molecule has 0 saturated heterocycles. The molecule has 1 aromatic rings. The van der Waals surface area contributed by atoms with E-state index < -0.39 is 5.97 Å². The lowest BCUT2D eigenvalue weighted by Crippen LogP contribution is -2.16. The van der Waals surface area contributed by atoms with Gasteiger partial charge in [0, 0.05) is 0 Å². The molecular formula is C13H17FO2. The normalized spacial score (nSPS) is 12.6. The molecule has 0 aliphatic carbocycles. The molecule has 0 N–H and O–H groups in total. The van der Waals surface area contributed by atoms with E-state index in [-0.39, 0.29) is 11.9 Å². The van der Waals surface area contributed by atoms with E-state index >= 15 is 0 Å². The number of carbonyl (C=O) groups excluding carboxylic acids is 1. The van der Waals surface area contributed by atoms with Gasteiger partial charge in [-0.3, -0.25) is 0 Å². The van der Waals surface area contributed by atoms with Gasteiger partial charge in [0.15, 0.2) is 0 Å². The van der Waals surface area contributed by atoms with Crippen LogP contribution in [0.4, 0.5) is 4.39 Å². The van der Waals surface area contributed by atoms with Crippen LogP contribution in [0, 0.1) is 11.7 Å². The highest BCUT2D eigenvalue weighted by Gasteiger charge is 2.12. The highest BCUT2D eigenvalue weighted by molar-refractivity contribution is 5.89. The predicted octanol–water partition coefficient (Wildman–Crippen LogP) is 3.42. The Balaban J connectivity index is 2.55. The van der Waals surface area contributed by atoms with Crippen molar-refractivity contribution in [3.8, 4) is 0 Å². The Morgan fingerprint density at radius 1 is 1.25 bits per heavy atom. The Labute approximate surface area is 95.4 Å². The Morgan fingerprint density at radius 3 is 2.31 bits per heavy atom. The second-order valence-electron chi connectivity index (χ2n) is 4.35. The van der Waals surface area contributed by atoms with Gasteiger partial charge in [0.25, 0.3) is 0 Å². The molecule has 0 aliphatic heterocycles. The molecule has 1 unspecified atom stereocenters. The highest BCUT2D eigenvalue weighted by atomic mass is 19.1. The summed E-state index contributed by atoms with van der Waals surface area (Å²) in [5.74, 6) is -0.268. The maximum absolute atomic E-state index is 12.6. The number of rotatable bonds is 4. The Morgan fingerprint density at radius 2 is 1.81 bits per heavy atom. The van der Waals surface area contributed by atoms with Gasteiger partial charge < -0.3 is 4.74 Å². The third-order valence-corrected chi connectivity index (χ3v) is 2.19. The number of hydrogen-bond acceptors (Lipinski definition) is 2. The fourth-order valence-electron chi connectivity index (χ4n) is 1.55. The number of carbonyl (C=O) groups is 1. The van der Waals surface area contributed by atoms with Gasteiger partial charge in [0.1, 0.15) is 5.82 Å². The van der Waals surface area contributed by atoms with E-state index in [1.165, 1.54) is 24.3 Å². The van der Waals surface area contributed by atoms with Crippen LogP contribution in [0.2, 0.25) is 0 Å². The molecular weight excluding hydrogens is 207 g/mol. The molecule has 16 heavy (non-hydrogen) atoms. The Bertz CT molecular complexity index is 343. The molecule has 1 rings (SSSR count). The fraction of sp³-hybridized carbons (Fsp3) is 0.462. The van der Waals surface area contributed by atoms with E-state index in [2.05, 4.69) is 13.8 Å². The maximum Gasteiger partial charge on any atom is 0.338 e. The van der Waals surface area contributed by atoms with Gasteiger partial charge in [-0.25, -0.2) is 9.18 Å². The summed E-state index contributed by atoms with van der Waals surface area (Å²) in [6, 6.07) is 5.37. The first kappa shape index (κ1) is 12.7. The topological polar surface area (TPSA) is 26.3 Å². The first-order valence-corrected chi connectivity index (χ1v) is 5.45. The van der Waals surface area contributed by atoms with Gasteiger partial charge in [0.2, 0.25) is 0 Å². The van der Waals surface area contributed by atoms with Gasteiger partial charge in [-0.2, -0.15) is 0 Å². The summed E-state index contributed by atoms with van der Waals surface area (Å²) in [5.41, 5.74) is 0.386. The van der Waals surface area contributed by atoms with Crippen LogP contribution >= 0.6 is 0 Å². The molecule has 0 radical (unpaired) electrons. The van der Waals surface area contributed by atoms with Crippen LogP contribution < -0.4 is 0 Å². The molecule has 0 aromatic heterocycles. The summed E-state index contributed by atoms with van der Waals surface area (Å²) in [6.45, 7) is 6.01. The van der Waals surface area contributed by atoms with Gasteiger partial charge >= 0.3 is 5.97 Å². The number of benzene rings is 1. The summed E-state index contributed by atoms with van der Waals surface area (Å²) in [6.07, 6.45) is 0.713. The molecule has 3 heteroatoms. The lowest BCUT2D eigenvalue weighted by atomic mass is 10.1. The first-order chi connectivity index (χ1) is 7.49. The smallest absolute Gasteiger partial charge is 0.338 e. The second-order valence-corrected chi connectivity index (χ2v) is 4.35. The van der Waals surface area contributed by atoms with E-state index in [0.717, 1.165) is 6.42 Å². The quantitative estimate of drug-likeness (QED) is 0.732. The average molecular weight is 224 g/mol. The number of halogens is 1. The summed E-state index contributed by atoms with van der Waals surface area (Å²) in [7, 11) is 0. The third-order valence-electron chi connectivity index (χ3n) is 2.19. The van der Waals surface area contributed by atoms with E-state index in [9.17, 15) is 9.18 Å². The van der Waals surface area contributed by atoms with Gasteiger partial charge in [-0.15, -0.1) is 0 Å². The van der Waals surface area contributed by atoms with Crippen molar-refractivity contribution < 1.29 is 13.9 Å². The zero-order valence-electron chi connectivity index (χ0n) is 9.87. The van der Waals surface area contributed by atoms with Crippen LogP contribution in [-0.4, -0.2) is 12.1 Å². The summed E-state index contributed by atoms with van der Waals surface area (Å²) < 4.78 is 17.9. The highest BCUT2D eigenvalue weighted by Crippen LogP contribution is 2.11. The zero-order valence-corrected chi connectivity index (χ0v) is 9.87. The zero-order chi connectivity index (χ0) is 12.1. The number of esters is 1. The first-order valence-electron chi connectivity index (χ1n) is 5.45. The largest absolute Gasteiger partial charge is 0.459 e. The standard InChI is InChI=1S/C13H17FO2/c1-9(2)8-10(3)16-13(15)11-4-6-12(14)7-5-11/h4-7,9-10H,8H2,1-3H3. The molecule has 1 aromatic carbocycles. The van der Waals surface area contributed by atoms with E-state index in [1.54, 1.807) is 0 Å². The minimum absolute atomic E-state index is 0.113. The predicted molar refractivity (Wildman–Crippen MR) is 60.7 cm³/mol. The number of ether oxygens (including phenoxy) is 1. The maximum atomic E-state index is 12.6. The van der Waals surface area contributed by atoms with Gasteiger partial charge in [0.05, 0.1) is 11.7 Å². The minimum Gasteiger partial charge on any atom is -0.459 e. The van der Waals surface area contributed by atoms with Crippen LogP contribution in [-0.2, 0) is 4.74 Å². The third kappa shape index (κ3) is 4.01. The van der Waals surface area contributed by atoms with Crippen molar-refractivity contribution in [2.45, 2.75) is 33.3 Å². The van der Waals surface area contributed by atoms with Crippen molar-refractivity contribution in [1.82, 2.24) is 0 Å². The van der Waals surface area contributed by atoms with Crippen LogP contribution in [0.3, 0.4) is 0 Å². The second kappa shape index (κ2) is 5.64. The van der Waals surface area contributed by atoms with Crippen LogP contribution in [0.15, 0.2) is 24.3 Å². The average Bonchev–Trinajstić information content (AvgIpc) is 2.16. The van der Waals surface area contributed by atoms with Gasteiger partial charge in [-0.05, 0) is 43.5 Å². The van der Waals surface area contributed by atoms with E-state index in [4.69, 9.17) is 4.74 Å². The lowest BCUT2D eigenvalue weighted by molar-refractivity contribution is 0.0299. The SMILES string of the molecule is CC(C)CC(C)OC(=O)c1ccc(F)cc1. The van der Waals surface area contributed by atoms with Crippen LogP contribution in [0.1, 0.15) is 37.6 Å². The Kier molecular flexibility index (Phi) is 4.47. The monoisotopic (exact) mass is 224 g/mol. The Hall–Kier alpha value is -1.38. The molecule has 0 aliphatic rings. The van der Waals surface area contributed by atoms with E-state index in [0.29, 0.717) is 11.5 Å². The van der Waals surface area contributed by atoms with Crippen molar-refractivity contribution in [2.24, 2.45) is 5.92 Å². The minimum atomic E-state index is -0.395. The molecule has 0 fully saturated rings. The van der Waals surface area contributed by atoms with Crippen molar-refractivity contribution in [3.63, 3.8) is 0 Å². The van der Waals surface area contributed by atoms with Crippen molar-refractivity contribution in [2.75, 3.05) is 0 Å². The van der Waals surface area contributed by atoms with Crippen molar-refractivity contribution in [1.29, 1.82) is 0 Å². The van der Waals surface area contributed by atoms with Crippen LogP contribution in [0.5, 0.6) is 0 Å². The molecule has 0 heterocycles. The summed E-state index contributed by atoms with van der Waals surface area (Å²) in [4.78, 5) is 11.6. The fourth-order valence-corrected chi connectivity index (χ4v) is 1.55. The molecule has 1 atom stereocenters. The lowest BCUT2D eigenvalue weighted by Gasteiger charge is -2.15. The summed E-state index contributed by atoms with van der Waals surface area (Å²) in [5, 5.41) is 0. The molecule has 88 valence electrons. The van der Waals surface area contributed by atoms with Crippen LogP contribution in [0.25, 0.3) is 0 Å². The molecule has 0 spiro atoms. The van der Waals surface area contributed by atoms with E-state index in [1.807, 2.05) is 6.92 Å². The molecule has 0 amide bonds. The molecule has 0 bridgehead atoms. The van der Waals surface area contributed by atoms with Crippen molar-refractivity contribution >= 4 is 5.97 Å². The van der Waals surface area contributed by atoms with Gasteiger partial charge in [-0.1, -0.05) is 13.8 Å². The number of hydrogen-bond donors (Lipinski definition) is 0. The van der Waals surface area contributed by atoms with Crippen molar-refractivity contribution in [3.05, 3.63) is 35.6 Å².